The topological polar surface area (TPSA) is 29.9 Å². The number of ether oxygens (including phenoxy) is 1. The number of thiophene rings is 1. The fraction of sp³-hybridized carbons (Fsp3) is 0.214. The maximum atomic E-state index is 5.41. The minimum absolute atomic E-state index is 0.745. The lowest BCUT2D eigenvalue weighted by molar-refractivity contribution is 0.415. The van der Waals surface area contributed by atoms with Gasteiger partial charge in [0, 0.05) is 15.8 Å². The number of fused-ring (bicyclic) bond motifs is 1. The smallest absolute Gasteiger partial charge is 0.178 e. The number of rotatable bonds is 3. The Morgan fingerprint density at radius 3 is 2.84 bits per heavy atom. The molecule has 0 saturated heterocycles. The van der Waals surface area contributed by atoms with Crippen LogP contribution in [-0.2, 0) is 6.54 Å². The second-order valence-electron chi connectivity index (χ2n) is 4.41. The van der Waals surface area contributed by atoms with Crippen molar-refractivity contribution in [3.63, 3.8) is 0 Å². The average molecular weight is 290 g/mol. The molecule has 5 heteroatoms. The van der Waals surface area contributed by atoms with Crippen molar-refractivity contribution in [2.75, 3.05) is 7.11 Å². The molecule has 0 fully saturated rings. The van der Waals surface area contributed by atoms with Gasteiger partial charge in [-0.05, 0) is 43.4 Å². The molecule has 0 aliphatic heterocycles. The van der Waals surface area contributed by atoms with Gasteiger partial charge in [0.15, 0.2) is 4.77 Å². The lowest BCUT2D eigenvalue weighted by Crippen LogP contribution is -1.97. The average Bonchev–Trinajstić information content (AvgIpc) is 2.94. The minimum atomic E-state index is 0.745. The highest BCUT2D eigenvalue weighted by Gasteiger charge is 2.07. The molecule has 0 unspecified atom stereocenters. The SMILES string of the molecule is COc1ccc2c(c1)[nH]c(=S)n2Cc1ccc(C)s1. The Hall–Kier alpha value is -1.59. The van der Waals surface area contributed by atoms with Crippen molar-refractivity contribution in [3.05, 3.63) is 44.9 Å². The van der Waals surface area contributed by atoms with Gasteiger partial charge in [-0.3, -0.25) is 0 Å². The number of aromatic amines is 1. The predicted molar refractivity (Wildman–Crippen MR) is 81.8 cm³/mol. The van der Waals surface area contributed by atoms with E-state index in [2.05, 4.69) is 28.6 Å². The molecule has 0 aliphatic carbocycles. The molecule has 2 heterocycles. The highest BCUT2D eigenvalue weighted by molar-refractivity contribution is 7.71. The van der Waals surface area contributed by atoms with Gasteiger partial charge >= 0.3 is 0 Å². The van der Waals surface area contributed by atoms with Crippen LogP contribution in [0.15, 0.2) is 30.3 Å². The molecule has 1 N–H and O–H groups in total. The van der Waals surface area contributed by atoms with E-state index in [-0.39, 0.29) is 0 Å². The largest absolute Gasteiger partial charge is 0.497 e. The molecular weight excluding hydrogens is 276 g/mol. The van der Waals surface area contributed by atoms with E-state index in [4.69, 9.17) is 17.0 Å². The molecule has 0 aliphatic rings. The summed E-state index contributed by atoms with van der Waals surface area (Å²) in [4.78, 5) is 5.86. The highest BCUT2D eigenvalue weighted by atomic mass is 32.1. The molecule has 3 nitrogen and oxygen atoms in total. The molecule has 0 amide bonds. The third kappa shape index (κ3) is 2.31. The van der Waals surface area contributed by atoms with Gasteiger partial charge in [-0.15, -0.1) is 11.3 Å². The van der Waals surface area contributed by atoms with Gasteiger partial charge in [0.05, 0.1) is 24.7 Å². The van der Waals surface area contributed by atoms with E-state index in [1.165, 1.54) is 9.75 Å². The number of aromatic nitrogens is 2. The molecule has 0 atom stereocenters. The summed E-state index contributed by atoms with van der Waals surface area (Å²) < 4.78 is 8.10. The van der Waals surface area contributed by atoms with Gasteiger partial charge in [0.1, 0.15) is 5.75 Å². The van der Waals surface area contributed by atoms with Crippen molar-refractivity contribution in [1.82, 2.24) is 9.55 Å². The molecule has 0 radical (unpaired) electrons. The van der Waals surface area contributed by atoms with Crippen molar-refractivity contribution < 1.29 is 4.74 Å². The predicted octanol–water partition coefficient (Wildman–Crippen LogP) is 4.13. The van der Waals surface area contributed by atoms with Crippen LogP contribution in [0.25, 0.3) is 11.0 Å². The Morgan fingerprint density at radius 1 is 1.32 bits per heavy atom. The van der Waals surface area contributed by atoms with Crippen LogP contribution in [0.1, 0.15) is 9.75 Å². The third-order valence-corrected chi connectivity index (χ3v) is 4.40. The minimum Gasteiger partial charge on any atom is -0.497 e. The molecule has 3 aromatic rings. The molecule has 2 aromatic heterocycles. The Labute approximate surface area is 120 Å². The zero-order valence-electron chi connectivity index (χ0n) is 10.8. The van der Waals surface area contributed by atoms with Crippen LogP contribution in [0.5, 0.6) is 5.75 Å². The fourth-order valence-electron chi connectivity index (χ4n) is 2.15. The number of imidazole rings is 1. The van der Waals surface area contributed by atoms with Crippen molar-refractivity contribution in [1.29, 1.82) is 0 Å². The Balaban J connectivity index is 2.08. The quantitative estimate of drug-likeness (QED) is 0.735. The summed E-state index contributed by atoms with van der Waals surface area (Å²) in [5.74, 6) is 0.836. The number of nitrogens with zero attached hydrogens (tertiary/aromatic N) is 1. The first-order valence-corrected chi connectivity index (χ1v) is 7.22. The summed E-state index contributed by atoms with van der Waals surface area (Å²) in [6.07, 6.45) is 0. The zero-order chi connectivity index (χ0) is 13.4. The number of nitrogens with one attached hydrogen (secondary N) is 1. The second kappa shape index (κ2) is 4.83. The normalized spacial score (nSPS) is 11.1. The highest BCUT2D eigenvalue weighted by Crippen LogP contribution is 2.23. The number of aryl methyl sites for hydroxylation is 1. The number of H-pyrrole nitrogens is 1. The summed E-state index contributed by atoms with van der Waals surface area (Å²) >= 11 is 7.21. The van der Waals surface area contributed by atoms with Crippen LogP contribution in [0.2, 0.25) is 0 Å². The molecule has 0 bridgehead atoms. The summed E-state index contributed by atoms with van der Waals surface area (Å²) in [7, 11) is 1.67. The molecule has 1 aromatic carbocycles. The van der Waals surface area contributed by atoms with Crippen LogP contribution < -0.4 is 4.74 Å². The Bertz CT molecular complexity index is 782. The summed E-state index contributed by atoms with van der Waals surface area (Å²) in [6, 6.07) is 10.3. The van der Waals surface area contributed by atoms with Crippen LogP contribution >= 0.6 is 23.6 Å². The van der Waals surface area contributed by atoms with Crippen LogP contribution in [0.4, 0.5) is 0 Å². The maximum absolute atomic E-state index is 5.41. The summed E-state index contributed by atoms with van der Waals surface area (Å²) in [5, 5.41) is 0. The summed E-state index contributed by atoms with van der Waals surface area (Å²) in [5.41, 5.74) is 2.12. The fourth-order valence-corrected chi connectivity index (χ4v) is 3.30. The van der Waals surface area contributed by atoms with Crippen LogP contribution in [-0.4, -0.2) is 16.7 Å². The Morgan fingerprint density at radius 2 is 2.16 bits per heavy atom. The van der Waals surface area contributed by atoms with E-state index in [0.717, 1.165) is 28.1 Å². The van der Waals surface area contributed by atoms with Crippen LogP contribution in [0, 0.1) is 11.7 Å². The first-order chi connectivity index (χ1) is 9.17. The van der Waals surface area contributed by atoms with Crippen molar-refractivity contribution in [2.45, 2.75) is 13.5 Å². The molecule has 3 rings (SSSR count). The van der Waals surface area contributed by atoms with Gasteiger partial charge in [-0.1, -0.05) is 0 Å². The van der Waals surface area contributed by atoms with E-state index in [9.17, 15) is 0 Å². The maximum Gasteiger partial charge on any atom is 0.178 e. The molecule has 98 valence electrons. The van der Waals surface area contributed by atoms with Gasteiger partial charge in [-0.2, -0.15) is 0 Å². The lowest BCUT2D eigenvalue weighted by atomic mass is 10.3. The van der Waals surface area contributed by atoms with E-state index in [0.29, 0.717) is 0 Å². The van der Waals surface area contributed by atoms with E-state index in [1.54, 1.807) is 18.4 Å². The molecular formula is C14H14N2OS2. The van der Waals surface area contributed by atoms with Gasteiger partial charge in [-0.25, -0.2) is 0 Å². The van der Waals surface area contributed by atoms with E-state index in [1.807, 2.05) is 18.2 Å². The lowest BCUT2D eigenvalue weighted by Gasteiger charge is -2.03. The van der Waals surface area contributed by atoms with E-state index < -0.39 is 0 Å². The summed E-state index contributed by atoms with van der Waals surface area (Å²) in [6.45, 7) is 2.93. The molecule has 0 saturated carbocycles. The number of hydrogen-bond donors (Lipinski definition) is 1. The van der Waals surface area contributed by atoms with Gasteiger partial charge in [0.25, 0.3) is 0 Å². The first kappa shape index (κ1) is 12.4. The van der Waals surface area contributed by atoms with Crippen molar-refractivity contribution in [2.24, 2.45) is 0 Å². The molecule has 0 spiro atoms. The first-order valence-electron chi connectivity index (χ1n) is 5.99. The van der Waals surface area contributed by atoms with Gasteiger partial charge in [0.2, 0.25) is 0 Å². The second-order valence-corrected chi connectivity index (χ2v) is 6.17. The Kier molecular flexibility index (Phi) is 3.16. The van der Waals surface area contributed by atoms with Crippen molar-refractivity contribution >= 4 is 34.6 Å². The third-order valence-electron chi connectivity index (χ3n) is 3.09. The standard InChI is InChI=1S/C14H14N2OS2/c1-9-3-5-11(19-9)8-16-13-6-4-10(17-2)7-12(13)15-14(16)18/h3-7H,8H2,1-2H3,(H,15,18). The van der Waals surface area contributed by atoms with Crippen molar-refractivity contribution in [3.8, 4) is 5.75 Å². The van der Waals surface area contributed by atoms with Gasteiger partial charge < -0.3 is 14.3 Å². The van der Waals surface area contributed by atoms with E-state index >= 15 is 0 Å². The number of benzene rings is 1. The zero-order valence-corrected chi connectivity index (χ0v) is 12.4. The van der Waals surface area contributed by atoms with Crippen LogP contribution in [0.3, 0.4) is 0 Å². The molecule has 19 heavy (non-hydrogen) atoms. The number of hydrogen-bond acceptors (Lipinski definition) is 3. The monoisotopic (exact) mass is 290 g/mol. The number of methoxy groups -OCH3 is 1.